The van der Waals surface area contributed by atoms with Gasteiger partial charge in [-0.1, -0.05) is 121 Å². The average molecular weight is 619 g/mol. The molecule has 226 valence electrons. The van der Waals surface area contributed by atoms with E-state index in [1.165, 1.54) is 0 Å². The first-order valence-corrected chi connectivity index (χ1v) is 15.6. The van der Waals surface area contributed by atoms with Crippen LogP contribution in [0.15, 0.2) is 133 Å². The number of rotatable bonds is 8. The van der Waals surface area contributed by atoms with Gasteiger partial charge in [-0.05, 0) is 89.0 Å². The Bertz CT molecular complexity index is 2500. The van der Waals surface area contributed by atoms with Gasteiger partial charge in [0, 0.05) is 22.3 Å². The Morgan fingerprint density at radius 2 is 0.562 bits per heavy atom. The molecule has 0 heterocycles. The van der Waals surface area contributed by atoms with Crippen LogP contribution in [0.1, 0.15) is 41.4 Å². The number of carbonyl (C=O) groups excluding carboxylic acids is 4. The van der Waals surface area contributed by atoms with Gasteiger partial charge in [-0.2, -0.15) is 0 Å². The van der Waals surface area contributed by atoms with E-state index in [1.54, 1.807) is 0 Å². The van der Waals surface area contributed by atoms with Gasteiger partial charge < -0.3 is 0 Å². The SMILES string of the molecule is O=Cc1ccc(-c2ccc3c(-c4ccc(C=O)cc4)cc4c(-c5ccc(C=O)cc5)cc(-c5ccc(C=O)cc5)c5ccc2c3c54)cc1. The number of hydrogen-bond acceptors (Lipinski definition) is 4. The molecule has 0 unspecified atom stereocenters. The molecule has 0 aliphatic heterocycles. The van der Waals surface area contributed by atoms with Crippen molar-refractivity contribution in [2.45, 2.75) is 0 Å². The smallest absolute Gasteiger partial charge is 0.150 e. The van der Waals surface area contributed by atoms with E-state index in [0.717, 1.165) is 102 Å². The van der Waals surface area contributed by atoms with Gasteiger partial charge in [-0.15, -0.1) is 0 Å². The van der Waals surface area contributed by atoms with Gasteiger partial charge in [-0.3, -0.25) is 19.2 Å². The van der Waals surface area contributed by atoms with Crippen LogP contribution in [-0.4, -0.2) is 25.1 Å². The fourth-order valence-electron chi connectivity index (χ4n) is 6.92. The van der Waals surface area contributed by atoms with Crippen molar-refractivity contribution < 1.29 is 19.2 Å². The van der Waals surface area contributed by atoms with Crippen molar-refractivity contribution in [1.29, 1.82) is 0 Å². The van der Waals surface area contributed by atoms with Crippen LogP contribution in [0.3, 0.4) is 0 Å². The van der Waals surface area contributed by atoms with Gasteiger partial charge in [0.25, 0.3) is 0 Å². The maximum Gasteiger partial charge on any atom is 0.150 e. The molecule has 8 rings (SSSR count). The maximum absolute atomic E-state index is 11.6. The fourth-order valence-corrected chi connectivity index (χ4v) is 6.92. The predicted octanol–water partition coefficient (Wildman–Crippen LogP) is 10.5. The Hall–Kier alpha value is -6.52. The van der Waals surface area contributed by atoms with Crippen molar-refractivity contribution in [2.24, 2.45) is 0 Å². The van der Waals surface area contributed by atoms with Crippen molar-refractivity contribution in [1.82, 2.24) is 0 Å². The Balaban J connectivity index is 1.54. The molecule has 0 saturated heterocycles. The zero-order valence-corrected chi connectivity index (χ0v) is 25.6. The van der Waals surface area contributed by atoms with Crippen molar-refractivity contribution in [3.63, 3.8) is 0 Å². The molecule has 0 aliphatic carbocycles. The Kier molecular flexibility index (Phi) is 7.04. The summed E-state index contributed by atoms with van der Waals surface area (Å²) in [5, 5.41) is 6.49. The van der Waals surface area contributed by atoms with Crippen molar-refractivity contribution in [3.8, 4) is 44.5 Å². The van der Waals surface area contributed by atoms with Gasteiger partial charge in [0.15, 0.2) is 0 Å². The summed E-state index contributed by atoms with van der Waals surface area (Å²) in [6, 6.07) is 43.6. The predicted molar refractivity (Wildman–Crippen MR) is 193 cm³/mol. The molecule has 4 nitrogen and oxygen atoms in total. The molecule has 0 spiro atoms. The lowest BCUT2D eigenvalue weighted by Crippen LogP contribution is -1.95. The van der Waals surface area contributed by atoms with Gasteiger partial charge in [0.1, 0.15) is 25.1 Å². The summed E-state index contributed by atoms with van der Waals surface area (Å²) in [7, 11) is 0. The molecule has 0 aliphatic rings. The summed E-state index contributed by atoms with van der Waals surface area (Å²) in [6.45, 7) is 0. The molecule has 0 atom stereocenters. The van der Waals surface area contributed by atoms with Crippen LogP contribution in [0, 0.1) is 0 Å². The Labute approximate surface area is 276 Å². The lowest BCUT2D eigenvalue weighted by atomic mass is 9.81. The maximum atomic E-state index is 11.6. The van der Waals surface area contributed by atoms with Crippen LogP contribution in [-0.2, 0) is 0 Å². The molecular weight excluding hydrogens is 592 g/mol. The van der Waals surface area contributed by atoms with Gasteiger partial charge in [0.2, 0.25) is 0 Å². The third-order valence-electron chi connectivity index (χ3n) is 9.33. The van der Waals surface area contributed by atoms with Gasteiger partial charge in [-0.25, -0.2) is 0 Å². The highest BCUT2D eigenvalue weighted by molar-refractivity contribution is 6.32. The average Bonchev–Trinajstić information content (AvgIpc) is 3.16. The van der Waals surface area contributed by atoms with Crippen LogP contribution < -0.4 is 0 Å². The van der Waals surface area contributed by atoms with Crippen molar-refractivity contribution >= 4 is 57.5 Å². The quantitative estimate of drug-likeness (QED) is 0.126. The third kappa shape index (κ3) is 4.70. The number of benzene rings is 8. The highest BCUT2D eigenvalue weighted by atomic mass is 16.1. The van der Waals surface area contributed by atoms with E-state index in [9.17, 15) is 19.2 Å². The minimum atomic E-state index is 0.599. The van der Waals surface area contributed by atoms with Gasteiger partial charge in [0.05, 0.1) is 0 Å². The molecule has 8 aromatic carbocycles. The van der Waals surface area contributed by atoms with Crippen LogP contribution in [0.2, 0.25) is 0 Å². The third-order valence-corrected chi connectivity index (χ3v) is 9.33. The highest BCUT2D eigenvalue weighted by Gasteiger charge is 2.21. The summed E-state index contributed by atoms with van der Waals surface area (Å²) < 4.78 is 0. The second-order valence-corrected chi connectivity index (χ2v) is 12.0. The first-order valence-electron chi connectivity index (χ1n) is 15.6. The topological polar surface area (TPSA) is 68.3 Å². The molecule has 0 saturated carbocycles. The lowest BCUT2D eigenvalue weighted by Gasteiger charge is -2.22. The molecule has 0 bridgehead atoms. The Morgan fingerprint density at radius 1 is 0.271 bits per heavy atom. The molecule has 0 N–H and O–H groups in total. The van der Waals surface area contributed by atoms with E-state index in [2.05, 4.69) is 36.4 Å². The second-order valence-electron chi connectivity index (χ2n) is 12.0. The highest BCUT2D eigenvalue weighted by Crippen LogP contribution is 2.48. The molecule has 4 heteroatoms. The molecular formula is C44H26O4. The first kappa shape index (κ1) is 28.9. The normalized spacial score (nSPS) is 11.2. The Morgan fingerprint density at radius 3 is 0.958 bits per heavy atom. The number of carbonyl (C=O) groups is 4. The zero-order chi connectivity index (χ0) is 32.8. The van der Waals surface area contributed by atoms with Crippen LogP contribution in [0.4, 0.5) is 0 Å². The first-order chi connectivity index (χ1) is 23.6. The summed E-state index contributed by atoms with van der Waals surface area (Å²) in [5.41, 5.74) is 10.5. The monoisotopic (exact) mass is 618 g/mol. The largest absolute Gasteiger partial charge is 0.298 e. The van der Waals surface area contributed by atoms with Crippen molar-refractivity contribution in [2.75, 3.05) is 0 Å². The van der Waals surface area contributed by atoms with Gasteiger partial charge >= 0.3 is 0 Å². The van der Waals surface area contributed by atoms with E-state index in [1.807, 2.05) is 97.1 Å². The molecule has 0 amide bonds. The zero-order valence-electron chi connectivity index (χ0n) is 25.6. The molecule has 0 fully saturated rings. The molecule has 0 radical (unpaired) electrons. The lowest BCUT2D eigenvalue weighted by molar-refractivity contribution is 0.111. The van der Waals surface area contributed by atoms with Crippen LogP contribution in [0.25, 0.3) is 76.8 Å². The minimum absolute atomic E-state index is 0.599. The summed E-state index contributed by atoms with van der Waals surface area (Å²) >= 11 is 0. The van der Waals surface area contributed by atoms with E-state index in [4.69, 9.17) is 0 Å². The van der Waals surface area contributed by atoms with E-state index in [-0.39, 0.29) is 0 Å². The van der Waals surface area contributed by atoms with E-state index >= 15 is 0 Å². The van der Waals surface area contributed by atoms with E-state index in [0.29, 0.717) is 22.3 Å². The second kappa shape index (κ2) is 11.7. The standard InChI is InChI=1S/C44H26O4/c45-23-27-1-9-31(10-2-27)35-17-18-37-40(33-13-5-29(25-47)6-14-33)22-42-41(34-15-7-30(26-48)8-16-34)21-39(32-11-3-28(24-46)4-12-32)38-20-19-36(35)43(37)44(38)42/h1-26H. The van der Waals surface area contributed by atoms with Crippen LogP contribution >= 0.6 is 0 Å². The fraction of sp³-hybridized carbons (Fsp3) is 0. The molecule has 8 aromatic rings. The summed E-state index contributed by atoms with van der Waals surface area (Å²) in [6.07, 6.45) is 3.39. The van der Waals surface area contributed by atoms with Crippen molar-refractivity contribution in [3.05, 3.63) is 156 Å². The summed E-state index contributed by atoms with van der Waals surface area (Å²) in [4.78, 5) is 46.0. The molecule has 0 aromatic heterocycles. The van der Waals surface area contributed by atoms with Crippen LogP contribution in [0.5, 0.6) is 0 Å². The minimum Gasteiger partial charge on any atom is -0.298 e. The molecule has 48 heavy (non-hydrogen) atoms. The number of hydrogen-bond donors (Lipinski definition) is 0. The summed E-state index contributed by atoms with van der Waals surface area (Å²) in [5.74, 6) is 0. The number of aldehydes is 4. The van der Waals surface area contributed by atoms with E-state index < -0.39 is 0 Å².